The fourth-order valence-corrected chi connectivity index (χ4v) is 4.63. The molecule has 2 N–H and O–H groups in total. The van der Waals surface area contributed by atoms with E-state index in [2.05, 4.69) is 24.4 Å². The summed E-state index contributed by atoms with van der Waals surface area (Å²) < 4.78 is 5.31. The van der Waals surface area contributed by atoms with Crippen LogP contribution in [0.5, 0.6) is 0 Å². The van der Waals surface area contributed by atoms with Crippen molar-refractivity contribution in [3.05, 3.63) is 12.2 Å². The maximum absolute atomic E-state index is 12.7. The summed E-state index contributed by atoms with van der Waals surface area (Å²) in [5, 5.41) is 13.5. The van der Waals surface area contributed by atoms with E-state index in [9.17, 15) is 19.5 Å². The van der Waals surface area contributed by atoms with Gasteiger partial charge in [-0.2, -0.15) is 0 Å². The summed E-state index contributed by atoms with van der Waals surface area (Å²) in [6, 6.07) is 0. The molecule has 1 heterocycles. The van der Waals surface area contributed by atoms with E-state index in [1.54, 1.807) is 0 Å². The van der Waals surface area contributed by atoms with Crippen LogP contribution in [0.25, 0.3) is 0 Å². The molecule has 2 atom stereocenters. The largest absolute Gasteiger partial charge is 0.464 e. The molecule has 1 saturated heterocycles. The van der Waals surface area contributed by atoms with Crippen LogP contribution < -0.4 is 5.32 Å². The lowest BCUT2D eigenvalue weighted by Crippen LogP contribution is -2.69. The molecular formula is C27H47NO5. The summed E-state index contributed by atoms with van der Waals surface area (Å²) in [6.45, 7) is 5.05. The number of allylic oxidation sites excluding steroid dienone is 2. The molecule has 0 radical (unpaired) electrons. The van der Waals surface area contributed by atoms with Gasteiger partial charge in [-0.25, -0.2) is 4.79 Å². The minimum Gasteiger partial charge on any atom is -0.464 e. The minimum atomic E-state index is -2.04. The molecule has 1 aliphatic heterocycles. The Morgan fingerprint density at radius 1 is 0.818 bits per heavy atom. The molecule has 0 aromatic rings. The van der Waals surface area contributed by atoms with Crippen molar-refractivity contribution in [3.63, 3.8) is 0 Å². The van der Waals surface area contributed by atoms with Gasteiger partial charge in [0.1, 0.15) is 0 Å². The highest BCUT2D eigenvalue weighted by Crippen LogP contribution is 2.34. The average molecular weight is 466 g/mol. The molecule has 33 heavy (non-hydrogen) atoms. The summed E-state index contributed by atoms with van der Waals surface area (Å²) in [6.07, 6.45) is 21.4. The zero-order valence-electron chi connectivity index (χ0n) is 21.3. The summed E-state index contributed by atoms with van der Waals surface area (Å²) in [5.74, 6) is -2.04. The standard InChI is InChI=1S/C27H47NO5/c1-4-5-6-7-8-9-10-11-12-13-14-15-16-17-18-19-22-33-25(31)27(24(3)30)26(32,23(2)29)20-21-28-27/h11-12,28,32H,4-10,13-22H2,1-3H3/t26?,27-/m1/s1. The quantitative estimate of drug-likeness (QED) is 0.118. The molecule has 0 amide bonds. The van der Waals surface area contributed by atoms with E-state index < -0.39 is 28.7 Å². The van der Waals surface area contributed by atoms with Crippen molar-refractivity contribution in [3.8, 4) is 0 Å². The third kappa shape index (κ3) is 8.97. The third-order valence-electron chi connectivity index (χ3n) is 6.80. The van der Waals surface area contributed by atoms with Gasteiger partial charge in [0.15, 0.2) is 17.2 Å². The zero-order valence-corrected chi connectivity index (χ0v) is 21.3. The van der Waals surface area contributed by atoms with E-state index in [4.69, 9.17) is 4.74 Å². The molecule has 0 aliphatic carbocycles. The van der Waals surface area contributed by atoms with Gasteiger partial charge in [-0.3, -0.25) is 14.9 Å². The number of carbonyl (C=O) groups is 3. The van der Waals surface area contributed by atoms with E-state index in [0.29, 0.717) is 6.42 Å². The summed E-state index contributed by atoms with van der Waals surface area (Å²) in [5.41, 5.74) is -4.03. The van der Waals surface area contributed by atoms with E-state index in [1.165, 1.54) is 71.6 Å². The van der Waals surface area contributed by atoms with Crippen LogP contribution in [-0.4, -0.2) is 46.9 Å². The van der Waals surface area contributed by atoms with Crippen LogP contribution in [0.1, 0.15) is 117 Å². The first-order chi connectivity index (χ1) is 15.8. The van der Waals surface area contributed by atoms with Gasteiger partial charge in [-0.05, 0) is 58.9 Å². The Hall–Kier alpha value is -1.53. The molecule has 0 aromatic carbocycles. The predicted octanol–water partition coefficient (Wildman–Crippen LogP) is 5.21. The normalized spacial score (nSPS) is 22.7. The Morgan fingerprint density at radius 3 is 1.85 bits per heavy atom. The fraction of sp³-hybridized carbons (Fsp3) is 0.815. The number of rotatable bonds is 19. The lowest BCUT2D eigenvalue weighted by molar-refractivity contribution is -0.170. The van der Waals surface area contributed by atoms with Gasteiger partial charge in [-0.15, -0.1) is 0 Å². The molecule has 0 spiro atoms. The lowest BCUT2D eigenvalue weighted by atomic mass is 9.75. The molecule has 0 bridgehead atoms. The number of Topliss-reactive ketones (excluding diaryl/α,β-unsaturated/α-hetero) is 2. The zero-order chi connectivity index (χ0) is 24.6. The fourth-order valence-electron chi connectivity index (χ4n) is 4.63. The van der Waals surface area contributed by atoms with Crippen molar-refractivity contribution < 1.29 is 24.2 Å². The van der Waals surface area contributed by atoms with E-state index in [1.807, 2.05) is 0 Å². The van der Waals surface area contributed by atoms with Gasteiger partial charge < -0.3 is 9.84 Å². The van der Waals surface area contributed by atoms with Gasteiger partial charge in [0.2, 0.25) is 5.54 Å². The maximum Gasteiger partial charge on any atom is 0.337 e. The van der Waals surface area contributed by atoms with Gasteiger partial charge in [0.25, 0.3) is 0 Å². The smallest absolute Gasteiger partial charge is 0.337 e. The predicted molar refractivity (Wildman–Crippen MR) is 132 cm³/mol. The highest BCUT2D eigenvalue weighted by atomic mass is 16.5. The Labute approximate surface area is 200 Å². The molecular weight excluding hydrogens is 418 g/mol. The van der Waals surface area contributed by atoms with Crippen LogP contribution in [0.2, 0.25) is 0 Å². The molecule has 1 aliphatic rings. The molecule has 0 saturated carbocycles. The summed E-state index contributed by atoms with van der Waals surface area (Å²) in [7, 11) is 0. The Morgan fingerprint density at radius 2 is 1.33 bits per heavy atom. The first-order valence-corrected chi connectivity index (χ1v) is 13.1. The molecule has 0 aromatic heterocycles. The van der Waals surface area contributed by atoms with Crippen molar-refractivity contribution >= 4 is 17.5 Å². The molecule has 1 rings (SSSR count). The van der Waals surface area contributed by atoms with Gasteiger partial charge >= 0.3 is 5.97 Å². The second-order valence-electron chi connectivity index (χ2n) is 9.47. The number of aliphatic hydroxyl groups is 1. The van der Waals surface area contributed by atoms with Crippen molar-refractivity contribution in [2.45, 2.75) is 128 Å². The average Bonchev–Trinajstić information content (AvgIpc) is 3.15. The van der Waals surface area contributed by atoms with Crippen molar-refractivity contribution in [2.75, 3.05) is 13.2 Å². The van der Waals surface area contributed by atoms with Crippen molar-refractivity contribution in [2.24, 2.45) is 0 Å². The van der Waals surface area contributed by atoms with Crippen LogP contribution in [0.4, 0.5) is 0 Å². The monoisotopic (exact) mass is 465 g/mol. The Balaban J connectivity index is 2.10. The lowest BCUT2D eigenvalue weighted by Gasteiger charge is -2.35. The molecule has 1 unspecified atom stereocenters. The molecule has 6 heteroatoms. The molecule has 6 nitrogen and oxygen atoms in total. The number of esters is 1. The second-order valence-corrected chi connectivity index (χ2v) is 9.47. The van der Waals surface area contributed by atoms with E-state index >= 15 is 0 Å². The van der Waals surface area contributed by atoms with Gasteiger partial charge in [0, 0.05) is 0 Å². The summed E-state index contributed by atoms with van der Waals surface area (Å²) >= 11 is 0. The van der Waals surface area contributed by atoms with Crippen LogP contribution in [0, 0.1) is 0 Å². The second kappa shape index (κ2) is 16.2. The molecule has 190 valence electrons. The van der Waals surface area contributed by atoms with E-state index in [-0.39, 0.29) is 19.6 Å². The van der Waals surface area contributed by atoms with Gasteiger partial charge in [0.05, 0.1) is 6.61 Å². The minimum absolute atomic E-state index is 0.0191. The third-order valence-corrected chi connectivity index (χ3v) is 6.80. The first-order valence-electron chi connectivity index (χ1n) is 13.1. The highest BCUT2D eigenvalue weighted by molar-refractivity contribution is 6.14. The number of unbranched alkanes of at least 4 members (excludes halogenated alkanes) is 12. The Kier molecular flexibility index (Phi) is 14.4. The van der Waals surface area contributed by atoms with Crippen LogP contribution >= 0.6 is 0 Å². The summed E-state index contributed by atoms with van der Waals surface area (Å²) in [4.78, 5) is 36.9. The Bertz CT molecular complexity index is 632. The van der Waals surface area contributed by atoms with E-state index in [0.717, 1.165) is 25.7 Å². The number of ether oxygens (including phenoxy) is 1. The van der Waals surface area contributed by atoms with Crippen LogP contribution in [0.3, 0.4) is 0 Å². The topological polar surface area (TPSA) is 92.7 Å². The number of ketones is 2. The van der Waals surface area contributed by atoms with Gasteiger partial charge in [-0.1, -0.05) is 76.9 Å². The number of hydrogen-bond acceptors (Lipinski definition) is 6. The molecule has 1 fully saturated rings. The SMILES string of the molecule is CCCCCCCCC=CCCCCCCCCOC(=O)[C@@]1(C(C)=O)NCCC1(O)C(C)=O. The van der Waals surface area contributed by atoms with Crippen LogP contribution in [0.15, 0.2) is 12.2 Å². The first kappa shape index (κ1) is 29.5. The number of hydrogen-bond donors (Lipinski definition) is 2. The van der Waals surface area contributed by atoms with Crippen LogP contribution in [-0.2, 0) is 19.1 Å². The number of nitrogens with one attached hydrogen (secondary N) is 1. The highest BCUT2D eigenvalue weighted by Gasteiger charge is 2.66. The van der Waals surface area contributed by atoms with Crippen molar-refractivity contribution in [1.82, 2.24) is 5.32 Å². The maximum atomic E-state index is 12.7. The van der Waals surface area contributed by atoms with Crippen molar-refractivity contribution in [1.29, 1.82) is 0 Å². The number of carbonyl (C=O) groups excluding carboxylic acids is 3.